The van der Waals surface area contributed by atoms with Gasteiger partial charge in [-0.2, -0.15) is 0 Å². The fourth-order valence-electron chi connectivity index (χ4n) is 1.72. The fraction of sp³-hybridized carbons (Fsp3) is 0. The second kappa shape index (κ2) is 3.99. The first kappa shape index (κ1) is 11.0. The number of nitrogens with one attached hydrogen (secondary N) is 1. The molecule has 3 nitrogen and oxygen atoms in total. The van der Waals surface area contributed by atoms with E-state index in [9.17, 15) is 13.6 Å². The van der Waals surface area contributed by atoms with Crippen molar-refractivity contribution in [3.05, 3.63) is 51.6 Å². The molecule has 3 rings (SSSR count). The first-order valence-electron chi connectivity index (χ1n) is 5.09. The maximum Gasteiger partial charge on any atom is 0.269 e. The van der Waals surface area contributed by atoms with Crippen LogP contribution >= 0.6 is 11.3 Å². The molecule has 2 aromatic heterocycles. The van der Waals surface area contributed by atoms with Gasteiger partial charge in [0, 0.05) is 0 Å². The number of aromatic nitrogens is 2. The molecule has 0 saturated heterocycles. The lowest BCUT2D eigenvalue weighted by Gasteiger charge is -2.03. The zero-order valence-electron chi connectivity index (χ0n) is 8.91. The Bertz CT molecular complexity index is 774. The maximum atomic E-state index is 13.6. The summed E-state index contributed by atoms with van der Waals surface area (Å²) in [6.07, 6.45) is 0. The second-order valence-electron chi connectivity index (χ2n) is 3.65. The summed E-state index contributed by atoms with van der Waals surface area (Å²) in [6.45, 7) is 0. The summed E-state index contributed by atoms with van der Waals surface area (Å²) >= 11 is 1.23. The van der Waals surface area contributed by atoms with Gasteiger partial charge >= 0.3 is 0 Å². The number of thiophene rings is 1. The lowest BCUT2D eigenvalue weighted by Crippen LogP contribution is -2.09. The molecule has 0 aliphatic carbocycles. The number of benzene rings is 1. The van der Waals surface area contributed by atoms with Gasteiger partial charge in [0.2, 0.25) is 0 Å². The van der Waals surface area contributed by atoms with E-state index < -0.39 is 17.2 Å². The van der Waals surface area contributed by atoms with E-state index >= 15 is 0 Å². The second-order valence-corrected chi connectivity index (χ2v) is 4.56. The number of hydrogen-bond donors (Lipinski definition) is 1. The largest absolute Gasteiger partial charge is 0.305 e. The first-order chi connectivity index (χ1) is 8.66. The van der Waals surface area contributed by atoms with Crippen molar-refractivity contribution in [3.8, 4) is 11.4 Å². The predicted molar refractivity (Wildman–Crippen MR) is 65.6 cm³/mol. The monoisotopic (exact) mass is 264 g/mol. The van der Waals surface area contributed by atoms with Crippen LogP contribution in [-0.4, -0.2) is 9.97 Å². The van der Waals surface area contributed by atoms with E-state index in [2.05, 4.69) is 9.97 Å². The number of nitrogens with zero attached hydrogens (tertiary/aromatic N) is 1. The van der Waals surface area contributed by atoms with Crippen LogP contribution in [0.3, 0.4) is 0 Å². The van der Waals surface area contributed by atoms with Gasteiger partial charge in [-0.05, 0) is 23.6 Å². The standard InChI is InChI=1S/C12H6F2N2OS/c13-6-2-1-3-7(14)9(6)11-15-8-4-5-18-10(8)12(17)16-11/h1-5H,(H,15,16,17). The van der Waals surface area contributed by atoms with Crippen LogP contribution in [0.15, 0.2) is 34.4 Å². The Kier molecular flexibility index (Phi) is 2.45. The third kappa shape index (κ3) is 1.62. The van der Waals surface area contributed by atoms with Crippen LogP contribution in [0.1, 0.15) is 0 Å². The Morgan fingerprint density at radius 2 is 1.89 bits per heavy atom. The van der Waals surface area contributed by atoms with Gasteiger partial charge in [-0.15, -0.1) is 11.3 Å². The molecule has 90 valence electrons. The Morgan fingerprint density at radius 1 is 1.17 bits per heavy atom. The van der Waals surface area contributed by atoms with Crippen LogP contribution in [0.25, 0.3) is 21.6 Å². The Hall–Kier alpha value is -2.08. The van der Waals surface area contributed by atoms with Crippen LogP contribution in [0.2, 0.25) is 0 Å². The highest BCUT2D eigenvalue weighted by atomic mass is 32.1. The topological polar surface area (TPSA) is 45.8 Å². The van der Waals surface area contributed by atoms with Crippen molar-refractivity contribution in [1.82, 2.24) is 9.97 Å². The molecule has 2 heterocycles. The molecule has 3 aromatic rings. The van der Waals surface area contributed by atoms with Crippen molar-refractivity contribution in [1.29, 1.82) is 0 Å². The van der Waals surface area contributed by atoms with Gasteiger partial charge < -0.3 is 4.98 Å². The van der Waals surface area contributed by atoms with Crippen LogP contribution in [0.4, 0.5) is 8.78 Å². The average molecular weight is 264 g/mol. The van der Waals surface area contributed by atoms with Gasteiger partial charge in [0.1, 0.15) is 22.2 Å². The highest BCUT2D eigenvalue weighted by Gasteiger charge is 2.15. The van der Waals surface area contributed by atoms with Gasteiger partial charge in [0.05, 0.1) is 11.1 Å². The summed E-state index contributed by atoms with van der Waals surface area (Å²) in [5.74, 6) is -1.61. The van der Waals surface area contributed by atoms with E-state index in [0.717, 1.165) is 12.1 Å². The molecule has 6 heteroatoms. The number of rotatable bonds is 1. The Morgan fingerprint density at radius 3 is 2.61 bits per heavy atom. The van der Waals surface area contributed by atoms with Gasteiger partial charge in [-0.25, -0.2) is 13.8 Å². The molecular formula is C12H6F2N2OS. The van der Waals surface area contributed by atoms with E-state index in [4.69, 9.17) is 0 Å². The molecule has 0 unspecified atom stereocenters. The molecular weight excluding hydrogens is 258 g/mol. The van der Waals surface area contributed by atoms with Crippen molar-refractivity contribution in [2.45, 2.75) is 0 Å². The molecule has 0 saturated carbocycles. The van der Waals surface area contributed by atoms with Gasteiger partial charge in [-0.3, -0.25) is 4.79 Å². The molecule has 0 spiro atoms. The first-order valence-corrected chi connectivity index (χ1v) is 5.96. The minimum absolute atomic E-state index is 0.0958. The molecule has 0 radical (unpaired) electrons. The summed E-state index contributed by atoms with van der Waals surface area (Å²) < 4.78 is 27.6. The van der Waals surface area contributed by atoms with Gasteiger partial charge in [0.25, 0.3) is 5.56 Å². The molecule has 0 atom stereocenters. The minimum atomic E-state index is -0.757. The zero-order chi connectivity index (χ0) is 12.7. The third-order valence-corrected chi connectivity index (χ3v) is 3.42. The number of aromatic amines is 1. The van der Waals surface area contributed by atoms with Crippen molar-refractivity contribution in [2.75, 3.05) is 0 Å². The predicted octanol–water partition coefficient (Wildman–Crippen LogP) is 2.93. The smallest absolute Gasteiger partial charge is 0.269 e. The summed E-state index contributed by atoms with van der Waals surface area (Å²) in [5, 5.41) is 1.70. The molecule has 1 aromatic carbocycles. The van der Waals surface area contributed by atoms with Gasteiger partial charge in [-0.1, -0.05) is 6.07 Å². The van der Waals surface area contributed by atoms with E-state index in [-0.39, 0.29) is 11.4 Å². The molecule has 0 aliphatic heterocycles. The quantitative estimate of drug-likeness (QED) is 0.734. The van der Waals surface area contributed by atoms with Crippen LogP contribution in [0, 0.1) is 11.6 Å². The van der Waals surface area contributed by atoms with Crippen molar-refractivity contribution in [2.24, 2.45) is 0 Å². The normalized spacial score (nSPS) is 11.0. The maximum absolute atomic E-state index is 13.6. The molecule has 0 fully saturated rings. The van der Waals surface area contributed by atoms with Crippen LogP contribution < -0.4 is 5.56 Å². The van der Waals surface area contributed by atoms with Gasteiger partial charge in [0.15, 0.2) is 0 Å². The van der Waals surface area contributed by atoms with E-state index in [0.29, 0.717) is 10.2 Å². The summed E-state index contributed by atoms with van der Waals surface area (Å²) in [6, 6.07) is 5.14. The van der Waals surface area contributed by atoms with E-state index in [1.165, 1.54) is 17.4 Å². The van der Waals surface area contributed by atoms with Crippen molar-refractivity contribution < 1.29 is 8.78 Å². The number of halogens is 2. The Balaban J connectivity index is 2.35. The lowest BCUT2D eigenvalue weighted by molar-refractivity contribution is 0.587. The minimum Gasteiger partial charge on any atom is -0.305 e. The van der Waals surface area contributed by atoms with Crippen LogP contribution in [-0.2, 0) is 0 Å². The highest BCUT2D eigenvalue weighted by molar-refractivity contribution is 7.17. The third-order valence-electron chi connectivity index (χ3n) is 2.51. The number of hydrogen-bond acceptors (Lipinski definition) is 3. The van der Waals surface area contributed by atoms with Crippen molar-refractivity contribution >= 4 is 21.6 Å². The average Bonchev–Trinajstić information content (AvgIpc) is 2.77. The Labute approximate surface area is 104 Å². The lowest BCUT2D eigenvalue weighted by atomic mass is 10.2. The zero-order valence-corrected chi connectivity index (χ0v) is 9.72. The number of fused-ring (bicyclic) bond motifs is 1. The highest BCUT2D eigenvalue weighted by Crippen LogP contribution is 2.24. The van der Waals surface area contributed by atoms with E-state index in [1.807, 2.05) is 0 Å². The number of H-pyrrole nitrogens is 1. The summed E-state index contributed by atoms with van der Waals surface area (Å²) in [7, 11) is 0. The molecule has 0 amide bonds. The van der Waals surface area contributed by atoms with Crippen LogP contribution in [0.5, 0.6) is 0 Å². The summed E-state index contributed by atoms with van der Waals surface area (Å²) in [5.41, 5.74) is -0.281. The van der Waals surface area contributed by atoms with Crippen molar-refractivity contribution in [3.63, 3.8) is 0 Å². The molecule has 18 heavy (non-hydrogen) atoms. The fourth-order valence-corrected chi connectivity index (χ4v) is 2.44. The SMILES string of the molecule is O=c1[nH]c(-c2c(F)cccc2F)nc2ccsc12. The van der Waals surface area contributed by atoms with E-state index in [1.54, 1.807) is 11.4 Å². The molecule has 0 bridgehead atoms. The summed E-state index contributed by atoms with van der Waals surface area (Å²) in [4.78, 5) is 18.2. The molecule has 1 N–H and O–H groups in total. The molecule has 0 aliphatic rings.